The van der Waals surface area contributed by atoms with Crippen LogP contribution in [0.2, 0.25) is 0 Å². The van der Waals surface area contributed by atoms with Gasteiger partial charge < -0.3 is 4.74 Å². The number of aryl methyl sites for hydroxylation is 1. The second-order valence-electron chi connectivity index (χ2n) is 4.25. The second kappa shape index (κ2) is 4.82. The largest absolute Gasteiger partial charge is 0.375 e. The third-order valence-corrected chi connectivity index (χ3v) is 3.84. The van der Waals surface area contributed by atoms with E-state index in [2.05, 4.69) is 21.0 Å². The zero-order valence-corrected chi connectivity index (χ0v) is 11.3. The summed E-state index contributed by atoms with van der Waals surface area (Å²) >= 11 is 3.57. The van der Waals surface area contributed by atoms with Crippen molar-refractivity contribution in [2.75, 3.05) is 6.61 Å². The van der Waals surface area contributed by atoms with Crippen LogP contribution < -0.4 is 0 Å². The van der Waals surface area contributed by atoms with Crippen molar-refractivity contribution in [1.82, 2.24) is 9.78 Å². The SMILES string of the molecule is Fc1ccc(-c2nn3c(c2Br)COCCC3)cc1. The van der Waals surface area contributed by atoms with Crippen molar-refractivity contribution in [2.24, 2.45) is 0 Å². The molecule has 3 nitrogen and oxygen atoms in total. The van der Waals surface area contributed by atoms with Gasteiger partial charge in [0.2, 0.25) is 0 Å². The number of halogens is 2. The molecule has 2 heterocycles. The fourth-order valence-corrected chi connectivity index (χ4v) is 2.70. The van der Waals surface area contributed by atoms with Crippen LogP contribution in [-0.2, 0) is 17.9 Å². The number of ether oxygens (including phenoxy) is 1. The first-order chi connectivity index (χ1) is 8.75. The van der Waals surface area contributed by atoms with E-state index >= 15 is 0 Å². The molecule has 1 aromatic carbocycles. The fourth-order valence-electron chi connectivity index (χ4n) is 2.08. The van der Waals surface area contributed by atoms with Crippen molar-refractivity contribution in [3.63, 3.8) is 0 Å². The minimum absolute atomic E-state index is 0.237. The molecule has 0 spiro atoms. The van der Waals surface area contributed by atoms with Gasteiger partial charge in [-0.15, -0.1) is 0 Å². The van der Waals surface area contributed by atoms with E-state index in [4.69, 9.17) is 4.74 Å². The summed E-state index contributed by atoms with van der Waals surface area (Å²) in [4.78, 5) is 0. The Morgan fingerprint density at radius 3 is 2.83 bits per heavy atom. The maximum absolute atomic E-state index is 12.9. The molecule has 0 bridgehead atoms. The summed E-state index contributed by atoms with van der Waals surface area (Å²) in [6.07, 6.45) is 0.962. The number of hydrogen-bond acceptors (Lipinski definition) is 2. The molecular weight excluding hydrogens is 299 g/mol. The van der Waals surface area contributed by atoms with E-state index in [1.54, 1.807) is 12.1 Å². The summed E-state index contributed by atoms with van der Waals surface area (Å²) in [6, 6.07) is 6.37. The molecule has 0 unspecified atom stereocenters. The van der Waals surface area contributed by atoms with E-state index in [1.165, 1.54) is 12.1 Å². The molecule has 0 N–H and O–H groups in total. The van der Waals surface area contributed by atoms with Gasteiger partial charge in [0, 0.05) is 18.7 Å². The van der Waals surface area contributed by atoms with E-state index in [9.17, 15) is 4.39 Å². The molecule has 1 aromatic heterocycles. The summed E-state index contributed by atoms with van der Waals surface area (Å²) < 4.78 is 21.4. The first-order valence-electron chi connectivity index (χ1n) is 5.84. The number of hydrogen-bond donors (Lipinski definition) is 0. The standard InChI is InChI=1S/C13H12BrFN2O/c14-12-11-8-18-7-1-6-17(11)16-13(12)9-2-4-10(15)5-3-9/h2-5H,1,6-8H2. The Balaban J connectivity index is 2.05. The summed E-state index contributed by atoms with van der Waals surface area (Å²) in [5.74, 6) is -0.237. The molecule has 1 aliphatic rings. The molecule has 0 fully saturated rings. The van der Waals surface area contributed by atoms with E-state index < -0.39 is 0 Å². The van der Waals surface area contributed by atoms with E-state index in [0.29, 0.717) is 6.61 Å². The van der Waals surface area contributed by atoms with Gasteiger partial charge in [0.1, 0.15) is 11.5 Å². The zero-order valence-electron chi connectivity index (χ0n) is 9.70. The molecule has 18 heavy (non-hydrogen) atoms. The Kier molecular flexibility index (Phi) is 3.18. The maximum atomic E-state index is 12.9. The summed E-state index contributed by atoms with van der Waals surface area (Å²) in [6.45, 7) is 2.19. The van der Waals surface area contributed by atoms with E-state index in [-0.39, 0.29) is 5.82 Å². The van der Waals surface area contributed by atoms with Crippen molar-refractivity contribution in [1.29, 1.82) is 0 Å². The number of aromatic nitrogens is 2. The first-order valence-corrected chi connectivity index (χ1v) is 6.64. The van der Waals surface area contributed by atoms with Gasteiger partial charge in [-0.05, 0) is 46.6 Å². The van der Waals surface area contributed by atoms with Crippen LogP contribution >= 0.6 is 15.9 Å². The van der Waals surface area contributed by atoms with Crippen LogP contribution in [0.4, 0.5) is 4.39 Å². The van der Waals surface area contributed by atoms with Gasteiger partial charge in [-0.2, -0.15) is 5.10 Å². The highest BCUT2D eigenvalue weighted by atomic mass is 79.9. The van der Waals surface area contributed by atoms with Crippen LogP contribution in [0, 0.1) is 5.82 Å². The average molecular weight is 311 g/mol. The fraction of sp³-hybridized carbons (Fsp3) is 0.308. The lowest BCUT2D eigenvalue weighted by molar-refractivity contribution is 0.124. The lowest BCUT2D eigenvalue weighted by atomic mass is 10.1. The van der Waals surface area contributed by atoms with Crippen LogP contribution in [0.5, 0.6) is 0 Å². The Morgan fingerprint density at radius 2 is 2.06 bits per heavy atom. The first kappa shape index (κ1) is 11.9. The minimum Gasteiger partial charge on any atom is -0.375 e. The van der Waals surface area contributed by atoms with Gasteiger partial charge in [-0.1, -0.05) is 0 Å². The molecule has 0 saturated carbocycles. The number of fused-ring (bicyclic) bond motifs is 1. The van der Waals surface area contributed by atoms with Crippen LogP contribution in [0.25, 0.3) is 11.3 Å². The molecule has 0 saturated heterocycles. The van der Waals surface area contributed by atoms with Gasteiger partial charge in [-0.3, -0.25) is 4.68 Å². The highest BCUT2D eigenvalue weighted by molar-refractivity contribution is 9.10. The molecule has 2 aromatic rings. The van der Waals surface area contributed by atoms with Crippen molar-refractivity contribution in [3.05, 3.63) is 40.2 Å². The minimum atomic E-state index is -0.237. The van der Waals surface area contributed by atoms with Crippen molar-refractivity contribution < 1.29 is 9.13 Å². The number of benzene rings is 1. The molecule has 5 heteroatoms. The lowest BCUT2D eigenvalue weighted by Crippen LogP contribution is -2.02. The topological polar surface area (TPSA) is 27.1 Å². The summed E-state index contributed by atoms with van der Waals surface area (Å²) in [5.41, 5.74) is 2.80. The third-order valence-electron chi connectivity index (χ3n) is 3.01. The number of rotatable bonds is 1. The van der Waals surface area contributed by atoms with Crippen LogP contribution in [0.1, 0.15) is 12.1 Å². The van der Waals surface area contributed by atoms with Gasteiger partial charge in [0.05, 0.1) is 16.8 Å². The molecule has 0 amide bonds. The highest BCUT2D eigenvalue weighted by Gasteiger charge is 2.18. The summed E-state index contributed by atoms with van der Waals surface area (Å²) in [5, 5.41) is 4.58. The predicted octanol–water partition coefficient (Wildman–Crippen LogP) is 3.37. The van der Waals surface area contributed by atoms with Crippen molar-refractivity contribution in [3.8, 4) is 11.3 Å². The normalized spacial score (nSPS) is 15.2. The van der Waals surface area contributed by atoms with Crippen LogP contribution in [0.3, 0.4) is 0 Å². The third kappa shape index (κ3) is 2.08. The molecule has 0 atom stereocenters. The molecule has 3 rings (SSSR count). The molecule has 0 radical (unpaired) electrons. The molecule has 1 aliphatic heterocycles. The van der Waals surface area contributed by atoms with Crippen LogP contribution in [-0.4, -0.2) is 16.4 Å². The van der Waals surface area contributed by atoms with Crippen LogP contribution in [0.15, 0.2) is 28.7 Å². The van der Waals surface area contributed by atoms with E-state index in [0.717, 1.165) is 41.0 Å². The highest BCUT2D eigenvalue weighted by Crippen LogP contribution is 2.31. The van der Waals surface area contributed by atoms with Crippen molar-refractivity contribution in [2.45, 2.75) is 19.6 Å². The Bertz CT molecular complexity index is 565. The van der Waals surface area contributed by atoms with E-state index in [1.807, 2.05) is 4.68 Å². The maximum Gasteiger partial charge on any atom is 0.123 e. The molecule has 94 valence electrons. The van der Waals surface area contributed by atoms with Crippen molar-refractivity contribution >= 4 is 15.9 Å². The van der Waals surface area contributed by atoms with Gasteiger partial charge in [-0.25, -0.2) is 4.39 Å². The molecule has 0 aliphatic carbocycles. The zero-order chi connectivity index (χ0) is 12.5. The lowest BCUT2D eigenvalue weighted by Gasteiger charge is -1.99. The van der Waals surface area contributed by atoms with Gasteiger partial charge >= 0.3 is 0 Å². The smallest absolute Gasteiger partial charge is 0.123 e. The predicted molar refractivity (Wildman–Crippen MR) is 69.6 cm³/mol. The quantitative estimate of drug-likeness (QED) is 0.807. The monoisotopic (exact) mass is 310 g/mol. The van der Waals surface area contributed by atoms with Gasteiger partial charge in [0.25, 0.3) is 0 Å². The number of nitrogens with zero attached hydrogens (tertiary/aromatic N) is 2. The Morgan fingerprint density at radius 1 is 1.28 bits per heavy atom. The summed E-state index contributed by atoms with van der Waals surface area (Å²) in [7, 11) is 0. The van der Waals surface area contributed by atoms with Gasteiger partial charge in [0.15, 0.2) is 0 Å². The average Bonchev–Trinajstić information content (AvgIpc) is 2.57. The molecular formula is C13H12BrFN2O. The Hall–Kier alpha value is -1.20. The Labute approximate surface area is 113 Å². The second-order valence-corrected chi connectivity index (χ2v) is 5.04.